The van der Waals surface area contributed by atoms with Crippen molar-refractivity contribution in [3.63, 3.8) is 0 Å². The van der Waals surface area contributed by atoms with E-state index >= 15 is 0 Å². The Morgan fingerprint density at radius 3 is 2.49 bits per heavy atom. The summed E-state index contributed by atoms with van der Waals surface area (Å²) in [6, 6.07) is 11.2. The Balaban J connectivity index is 1.25. The van der Waals surface area contributed by atoms with E-state index in [0.29, 0.717) is 12.5 Å². The molecule has 0 radical (unpaired) electrons. The SMILES string of the molecule is N#CCCN1CCC(Nc2c(Br)cnc3[nH]c(-c4ccc(N5CCN(CCCO)CC5)cc4)nc23)CC1. The van der Waals surface area contributed by atoms with Crippen LogP contribution in [0.1, 0.15) is 25.7 Å². The molecule has 9 nitrogen and oxygen atoms in total. The lowest BCUT2D eigenvalue weighted by atomic mass is 10.0. The lowest BCUT2D eigenvalue weighted by Gasteiger charge is -2.36. The van der Waals surface area contributed by atoms with Crippen molar-refractivity contribution >= 4 is 38.5 Å². The summed E-state index contributed by atoms with van der Waals surface area (Å²) in [4.78, 5) is 20.1. The van der Waals surface area contributed by atoms with Crippen molar-refractivity contribution in [2.75, 3.05) is 69.2 Å². The van der Waals surface area contributed by atoms with E-state index < -0.39 is 0 Å². The smallest absolute Gasteiger partial charge is 0.159 e. The highest BCUT2D eigenvalue weighted by Gasteiger charge is 2.22. The summed E-state index contributed by atoms with van der Waals surface area (Å²) in [7, 11) is 0. The predicted molar refractivity (Wildman–Crippen MR) is 151 cm³/mol. The molecule has 5 rings (SSSR count). The molecule has 37 heavy (non-hydrogen) atoms. The van der Waals surface area contributed by atoms with Crippen LogP contribution in [-0.2, 0) is 0 Å². The second-order valence-electron chi connectivity index (χ2n) is 9.88. The molecular weight excluding hydrogens is 532 g/mol. The maximum absolute atomic E-state index is 9.06. The fraction of sp³-hybridized carbons (Fsp3) is 0.519. The number of piperidine rings is 1. The third-order valence-corrected chi connectivity index (χ3v) is 8.06. The van der Waals surface area contributed by atoms with Crippen LogP contribution in [0.2, 0.25) is 0 Å². The number of likely N-dealkylation sites (tertiary alicyclic amines) is 1. The minimum atomic E-state index is 0.261. The number of imidazole rings is 1. The predicted octanol–water partition coefficient (Wildman–Crippen LogP) is 3.68. The molecule has 3 N–H and O–H groups in total. The third kappa shape index (κ3) is 6.24. The van der Waals surface area contributed by atoms with Crippen molar-refractivity contribution in [1.82, 2.24) is 24.8 Å². The lowest BCUT2D eigenvalue weighted by Crippen LogP contribution is -2.46. The first-order valence-electron chi connectivity index (χ1n) is 13.2. The van der Waals surface area contributed by atoms with Crippen LogP contribution in [0.3, 0.4) is 0 Å². The van der Waals surface area contributed by atoms with E-state index in [1.807, 2.05) is 6.20 Å². The molecule has 196 valence electrons. The van der Waals surface area contributed by atoms with Crippen LogP contribution in [0.4, 0.5) is 11.4 Å². The number of nitrogens with zero attached hydrogens (tertiary/aromatic N) is 6. The quantitative estimate of drug-likeness (QED) is 0.360. The fourth-order valence-corrected chi connectivity index (χ4v) is 5.68. The number of nitriles is 1. The number of aromatic amines is 1. The van der Waals surface area contributed by atoms with Gasteiger partial charge in [-0.1, -0.05) is 0 Å². The third-order valence-electron chi connectivity index (χ3n) is 7.45. The van der Waals surface area contributed by atoms with Crippen LogP contribution in [0.25, 0.3) is 22.6 Å². The van der Waals surface area contributed by atoms with Gasteiger partial charge in [0.15, 0.2) is 5.65 Å². The van der Waals surface area contributed by atoms with Crippen molar-refractivity contribution in [1.29, 1.82) is 5.26 Å². The number of fused-ring (bicyclic) bond motifs is 1. The number of piperazine rings is 1. The number of hydrogen-bond donors (Lipinski definition) is 3. The van der Waals surface area contributed by atoms with Crippen molar-refractivity contribution in [2.45, 2.75) is 31.7 Å². The number of halogens is 1. The molecule has 2 aliphatic rings. The maximum atomic E-state index is 9.06. The monoisotopic (exact) mass is 566 g/mol. The van der Waals surface area contributed by atoms with E-state index in [9.17, 15) is 0 Å². The number of aliphatic hydroxyl groups excluding tert-OH is 1. The van der Waals surface area contributed by atoms with Crippen molar-refractivity contribution < 1.29 is 5.11 Å². The summed E-state index contributed by atoms with van der Waals surface area (Å²) < 4.78 is 0.915. The number of hydrogen-bond acceptors (Lipinski definition) is 8. The number of pyridine rings is 1. The molecule has 0 aliphatic carbocycles. The van der Waals surface area contributed by atoms with Crippen LogP contribution >= 0.6 is 15.9 Å². The van der Waals surface area contributed by atoms with Gasteiger partial charge >= 0.3 is 0 Å². The molecule has 10 heteroatoms. The van der Waals surface area contributed by atoms with E-state index in [-0.39, 0.29) is 6.61 Å². The zero-order valence-corrected chi connectivity index (χ0v) is 22.8. The van der Waals surface area contributed by atoms with Gasteiger partial charge in [0, 0.05) is 88.9 Å². The average molecular weight is 568 g/mol. The Labute approximate surface area is 226 Å². The fourth-order valence-electron chi connectivity index (χ4n) is 5.27. The molecule has 0 spiro atoms. The number of nitrogens with one attached hydrogen (secondary N) is 2. The van der Waals surface area contributed by atoms with Crippen LogP contribution < -0.4 is 10.2 Å². The minimum Gasteiger partial charge on any atom is -0.396 e. The summed E-state index contributed by atoms with van der Waals surface area (Å²) in [6.45, 7) is 8.14. The highest BCUT2D eigenvalue weighted by molar-refractivity contribution is 9.10. The Hall–Kier alpha value is -2.71. The summed E-state index contributed by atoms with van der Waals surface area (Å²) in [5, 5.41) is 21.6. The van der Waals surface area contributed by atoms with E-state index in [1.165, 1.54) is 5.69 Å². The van der Waals surface area contributed by atoms with Gasteiger partial charge in [0.25, 0.3) is 0 Å². The van der Waals surface area contributed by atoms with Gasteiger partial charge in [0.2, 0.25) is 0 Å². The number of benzene rings is 1. The van der Waals surface area contributed by atoms with Gasteiger partial charge in [-0.2, -0.15) is 5.26 Å². The van der Waals surface area contributed by atoms with Gasteiger partial charge in [-0.15, -0.1) is 0 Å². The summed E-state index contributed by atoms with van der Waals surface area (Å²) >= 11 is 3.68. The Morgan fingerprint density at radius 2 is 1.78 bits per heavy atom. The second-order valence-corrected chi connectivity index (χ2v) is 10.7. The maximum Gasteiger partial charge on any atom is 0.159 e. The van der Waals surface area contributed by atoms with Gasteiger partial charge in [0.05, 0.1) is 16.2 Å². The molecule has 0 amide bonds. The van der Waals surface area contributed by atoms with E-state index in [4.69, 9.17) is 15.4 Å². The normalized spacial score (nSPS) is 17.8. The first kappa shape index (κ1) is 25.9. The molecule has 2 aliphatic heterocycles. The standard InChI is InChI=1S/C27H35BrN8O/c28-23-19-30-27-25(24(23)31-21-7-12-34(13-8-21)10-1-9-29)32-26(33-27)20-3-5-22(6-4-20)36-16-14-35(15-17-36)11-2-18-37/h3-6,19,21,37H,1-2,7-8,10-18H2,(H2,30,31,32,33). The zero-order chi connectivity index (χ0) is 25.6. The number of anilines is 2. The molecular formula is C27H35BrN8O. The number of aromatic nitrogens is 3. The molecule has 1 aromatic carbocycles. The van der Waals surface area contributed by atoms with Gasteiger partial charge < -0.3 is 25.2 Å². The summed E-state index contributed by atoms with van der Waals surface area (Å²) in [6.07, 6.45) is 5.34. The first-order chi connectivity index (χ1) is 18.1. The molecule has 2 aromatic heterocycles. The Bertz CT molecular complexity index is 1210. The molecule has 0 unspecified atom stereocenters. The Morgan fingerprint density at radius 1 is 1.05 bits per heavy atom. The molecule has 3 aromatic rings. The molecule has 0 bridgehead atoms. The molecule has 2 fully saturated rings. The molecule has 0 saturated carbocycles. The van der Waals surface area contributed by atoms with Crippen molar-refractivity contribution in [3.05, 3.63) is 34.9 Å². The number of rotatable bonds is 9. The largest absolute Gasteiger partial charge is 0.396 e. The minimum absolute atomic E-state index is 0.261. The Kier molecular flexibility index (Phi) is 8.56. The van der Waals surface area contributed by atoms with E-state index in [1.54, 1.807) is 0 Å². The number of H-pyrrole nitrogens is 1. The highest BCUT2D eigenvalue weighted by Crippen LogP contribution is 2.33. The van der Waals surface area contributed by atoms with E-state index in [2.05, 4.69) is 76.2 Å². The van der Waals surface area contributed by atoms with Crippen LogP contribution in [0, 0.1) is 11.3 Å². The van der Waals surface area contributed by atoms with Gasteiger partial charge in [-0.05, 0) is 59.5 Å². The van der Waals surface area contributed by atoms with Crippen LogP contribution in [-0.4, -0.2) is 94.9 Å². The average Bonchev–Trinajstić information content (AvgIpc) is 3.38. The topological polar surface area (TPSA) is 107 Å². The lowest BCUT2D eigenvalue weighted by molar-refractivity contribution is 0.216. The van der Waals surface area contributed by atoms with Crippen molar-refractivity contribution in [3.8, 4) is 17.5 Å². The summed E-state index contributed by atoms with van der Waals surface area (Å²) in [5.74, 6) is 0.815. The van der Waals surface area contributed by atoms with Crippen LogP contribution in [0.5, 0.6) is 0 Å². The summed E-state index contributed by atoms with van der Waals surface area (Å²) in [5.41, 5.74) is 4.87. The van der Waals surface area contributed by atoms with E-state index in [0.717, 1.165) is 104 Å². The van der Waals surface area contributed by atoms with Crippen molar-refractivity contribution in [2.24, 2.45) is 0 Å². The van der Waals surface area contributed by atoms with Gasteiger partial charge in [0.1, 0.15) is 11.3 Å². The van der Waals surface area contributed by atoms with Gasteiger partial charge in [-0.25, -0.2) is 9.97 Å². The molecule has 4 heterocycles. The number of aliphatic hydroxyl groups is 1. The zero-order valence-electron chi connectivity index (χ0n) is 21.2. The second kappa shape index (κ2) is 12.2. The molecule has 0 atom stereocenters. The first-order valence-corrected chi connectivity index (χ1v) is 14.0. The van der Waals surface area contributed by atoms with Crippen LogP contribution in [0.15, 0.2) is 34.9 Å². The van der Waals surface area contributed by atoms with Gasteiger partial charge in [-0.3, -0.25) is 4.90 Å². The molecule has 2 saturated heterocycles. The highest BCUT2D eigenvalue weighted by atomic mass is 79.9.